The summed E-state index contributed by atoms with van der Waals surface area (Å²) >= 11 is 0. The number of amides is 2. The topological polar surface area (TPSA) is 143 Å². The molecule has 0 radical (unpaired) electrons. The minimum Gasteiger partial charge on any atom is -0.385 e. The summed E-state index contributed by atoms with van der Waals surface area (Å²) < 4.78 is 93.6. The summed E-state index contributed by atoms with van der Waals surface area (Å²) in [5.41, 5.74) is 4.21. The summed E-state index contributed by atoms with van der Waals surface area (Å²) in [6, 6.07) is 2.92. The number of fused-ring (bicyclic) bond motifs is 10. The number of carbonyl (C=O) groups excluding carboxylic acids is 2. The fourth-order valence-corrected chi connectivity index (χ4v) is 5.97. The van der Waals surface area contributed by atoms with Crippen LogP contribution < -0.4 is 11.1 Å². The number of hydrogen-bond donors (Lipinski definition) is 5. The number of nitrogens with two attached hydrogens (primary N) is 1. The SMILES string of the molecule is NC[C@H]1O[C@@H](n2c3cc(F)c(F)cc3c3c4c(c5c6cc(F)c(F)cc6[nH]c5c32)C(=O)NC4=O)[C@H](O)[C@@H](O)C1(F)F. The van der Waals surface area contributed by atoms with Crippen LogP contribution in [0.25, 0.3) is 43.6 Å². The Labute approximate surface area is 223 Å². The lowest BCUT2D eigenvalue weighted by Gasteiger charge is -2.43. The Bertz CT molecular complexity index is 2020. The molecule has 0 unspecified atom stereocenters. The predicted octanol–water partition coefficient (Wildman–Crippen LogP) is 3.08. The van der Waals surface area contributed by atoms with E-state index in [0.29, 0.717) is 12.1 Å². The Kier molecular flexibility index (Phi) is 5.15. The zero-order valence-corrected chi connectivity index (χ0v) is 20.2. The number of aliphatic hydroxyl groups excluding tert-OH is 2. The van der Waals surface area contributed by atoms with Crippen molar-refractivity contribution in [1.82, 2.24) is 14.9 Å². The molecule has 6 N–H and O–H groups in total. The number of H-pyrrole nitrogens is 1. The number of nitrogens with zero attached hydrogens (tertiary/aromatic N) is 1. The van der Waals surface area contributed by atoms with Gasteiger partial charge in [0.15, 0.2) is 35.6 Å². The standard InChI is InChI=1S/C26H16F6N4O5/c27-8-1-6-12(3-10(8)29)34-19-15(6)17-18(24(40)35-23(17)39)16-7-2-9(28)11(30)4-13(7)36(20(16)19)25-21(37)22(38)26(31,32)14(5-33)41-25/h1-4,14,21-22,25,34,37-38H,5,33H2,(H,35,39,40)/t14-,21-,22-,25-/m1/s1. The highest BCUT2D eigenvalue weighted by molar-refractivity contribution is 6.39. The van der Waals surface area contributed by atoms with Gasteiger partial charge in [-0.1, -0.05) is 0 Å². The van der Waals surface area contributed by atoms with Gasteiger partial charge in [0, 0.05) is 45.7 Å². The van der Waals surface area contributed by atoms with Crippen LogP contribution >= 0.6 is 0 Å². The maximum atomic E-state index is 14.7. The van der Waals surface area contributed by atoms with Crippen molar-refractivity contribution in [2.75, 3.05) is 6.54 Å². The highest BCUT2D eigenvalue weighted by atomic mass is 19.3. The van der Waals surface area contributed by atoms with E-state index in [2.05, 4.69) is 10.3 Å². The van der Waals surface area contributed by atoms with Crippen molar-refractivity contribution < 1.29 is 50.9 Å². The lowest BCUT2D eigenvalue weighted by molar-refractivity contribution is -0.301. The molecule has 15 heteroatoms. The summed E-state index contributed by atoms with van der Waals surface area (Å²) in [5.74, 6) is -11.2. The third kappa shape index (κ3) is 3.16. The fraction of sp³-hybridized carbons (Fsp3) is 0.231. The first-order valence-electron chi connectivity index (χ1n) is 12.1. The van der Waals surface area contributed by atoms with E-state index in [0.717, 1.165) is 16.7 Å². The molecule has 2 amide bonds. The van der Waals surface area contributed by atoms with Gasteiger partial charge in [-0.3, -0.25) is 14.9 Å². The number of imide groups is 1. The van der Waals surface area contributed by atoms with Crippen molar-refractivity contribution in [3.63, 3.8) is 0 Å². The molecule has 1 saturated heterocycles. The molecule has 9 nitrogen and oxygen atoms in total. The van der Waals surface area contributed by atoms with E-state index in [-0.39, 0.29) is 54.7 Å². The van der Waals surface area contributed by atoms with E-state index >= 15 is 0 Å². The number of aromatic amines is 1. The van der Waals surface area contributed by atoms with Gasteiger partial charge in [0.25, 0.3) is 11.8 Å². The molecule has 4 atom stereocenters. The number of rotatable bonds is 2. The van der Waals surface area contributed by atoms with E-state index in [1.54, 1.807) is 0 Å². The maximum Gasteiger partial charge on any atom is 0.302 e. The summed E-state index contributed by atoms with van der Waals surface area (Å²) in [6.45, 7) is -0.819. The van der Waals surface area contributed by atoms with E-state index in [1.807, 2.05) is 0 Å². The maximum absolute atomic E-state index is 14.7. The van der Waals surface area contributed by atoms with Gasteiger partial charge in [0.2, 0.25) is 0 Å². The zero-order valence-electron chi connectivity index (χ0n) is 20.2. The largest absolute Gasteiger partial charge is 0.385 e. The third-order valence-corrected chi connectivity index (χ3v) is 7.76. The normalized spacial score (nSPS) is 24.2. The van der Waals surface area contributed by atoms with Crippen LogP contribution in [0.2, 0.25) is 0 Å². The molecule has 2 aliphatic heterocycles. The molecule has 0 saturated carbocycles. The third-order valence-electron chi connectivity index (χ3n) is 7.76. The van der Waals surface area contributed by atoms with Crippen LogP contribution in [0.15, 0.2) is 24.3 Å². The first-order valence-corrected chi connectivity index (χ1v) is 12.1. The van der Waals surface area contributed by atoms with E-state index in [9.17, 15) is 46.1 Å². The average molecular weight is 578 g/mol. The van der Waals surface area contributed by atoms with Crippen LogP contribution in [-0.4, -0.2) is 62.4 Å². The number of nitrogens with one attached hydrogen (secondary N) is 2. The molecule has 0 aliphatic carbocycles. The Morgan fingerprint density at radius 3 is 2.15 bits per heavy atom. The first kappa shape index (κ1) is 25.8. The van der Waals surface area contributed by atoms with Crippen LogP contribution in [0.3, 0.4) is 0 Å². The summed E-state index contributed by atoms with van der Waals surface area (Å²) in [7, 11) is 0. The zero-order chi connectivity index (χ0) is 29.3. The second-order valence-corrected chi connectivity index (χ2v) is 9.96. The van der Waals surface area contributed by atoms with Crippen molar-refractivity contribution in [3.05, 3.63) is 58.7 Å². The van der Waals surface area contributed by atoms with Crippen LogP contribution in [0.1, 0.15) is 26.9 Å². The smallest absolute Gasteiger partial charge is 0.302 e. The first-order chi connectivity index (χ1) is 19.4. The van der Waals surface area contributed by atoms with Gasteiger partial charge in [0.05, 0.1) is 27.7 Å². The Morgan fingerprint density at radius 1 is 0.902 bits per heavy atom. The van der Waals surface area contributed by atoms with Crippen LogP contribution in [0.5, 0.6) is 0 Å². The van der Waals surface area contributed by atoms with E-state index in [4.69, 9.17) is 10.5 Å². The van der Waals surface area contributed by atoms with Gasteiger partial charge in [-0.25, -0.2) is 26.3 Å². The molecule has 212 valence electrons. The number of benzene rings is 3. The number of carbonyl (C=O) groups is 2. The summed E-state index contributed by atoms with van der Waals surface area (Å²) in [4.78, 5) is 28.9. The molecular weight excluding hydrogens is 562 g/mol. The van der Waals surface area contributed by atoms with Gasteiger partial charge >= 0.3 is 5.92 Å². The highest BCUT2D eigenvalue weighted by Gasteiger charge is 2.58. The molecule has 0 spiro atoms. The molecule has 1 fully saturated rings. The quantitative estimate of drug-likeness (QED) is 0.161. The van der Waals surface area contributed by atoms with E-state index < -0.39 is 72.1 Å². The van der Waals surface area contributed by atoms with Gasteiger partial charge in [-0.2, -0.15) is 0 Å². The predicted molar refractivity (Wildman–Crippen MR) is 130 cm³/mol. The summed E-state index contributed by atoms with van der Waals surface area (Å²) in [5, 5.41) is 22.8. The fourth-order valence-electron chi connectivity index (χ4n) is 5.97. The molecule has 2 aromatic heterocycles. The van der Waals surface area contributed by atoms with Crippen molar-refractivity contribution in [2.24, 2.45) is 5.73 Å². The van der Waals surface area contributed by atoms with Crippen molar-refractivity contribution >= 4 is 55.4 Å². The Balaban J connectivity index is 1.73. The number of aromatic nitrogens is 2. The number of ether oxygens (including phenoxy) is 1. The van der Waals surface area contributed by atoms with Crippen molar-refractivity contribution in [2.45, 2.75) is 30.5 Å². The van der Waals surface area contributed by atoms with Crippen molar-refractivity contribution in [3.8, 4) is 0 Å². The van der Waals surface area contributed by atoms with Gasteiger partial charge in [0.1, 0.15) is 12.2 Å². The number of halogens is 6. The van der Waals surface area contributed by atoms with Crippen molar-refractivity contribution in [1.29, 1.82) is 0 Å². The number of alkyl halides is 2. The lowest BCUT2D eigenvalue weighted by atomic mass is 9.95. The minimum absolute atomic E-state index is 0.0485. The lowest BCUT2D eigenvalue weighted by Crippen LogP contribution is -2.61. The average Bonchev–Trinajstić information content (AvgIpc) is 3.52. The highest BCUT2D eigenvalue weighted by Crippen LogP contribution is 2.48. The second kappa shape index (κ2) is 8.19. The Hall–Kier alpha value is -4.18. The van der Waals surface area contributed by atoms with Crippen LogP contribution in [-0.2, 0) is 4.74 Å². The minimum atomic E-state index is -4.01. The van der Waals surface area contributed by atoms with Crippen LogP contribution in [0, 0.1) is 23.3 Å². The molecule has 3 aromatic carbocycles. The van der Waals surface area contributed by atoms with Gasteiger partial charge in [-0.05, 0) is 12.1 Å². The molecule has 2 aliphatic rings. The molecular formula is C26H16F6N4O5. The Morgan fingerprint density at radius 2 is 1.49 bits per heavy atom. The van der Waals surface area contributed by atoms with Crippen LogP contribution in [0.4, 0.5) is 26.3 Å². The number of hydrogen-bond acceptors (Lipinski definition) is 6. The summed E-state index contributed by atoms with van der Waals surface area (Å²) in [6.07, 6.45) is -9.18. The molecule has 7 rings (SSSR count). The molecule has 41 heavy (non-hydrogen) atoms. The molecule has 4 heterocycles. The van der Waals surface area contributed by atoms with E-state index in [1.165, 1.54) is 0 Å². The molecule has 5 aromatic rings. The van der Waals surface area contributed by atoms with Gasteiger partial charge in [-0.15, -0.1) is 0 Å². The number of aliphatic hydroxyl groups is 2. The molecule has 0 bridgehead atoms. The monoisotopic (exact) mass is 578 g/mol. The van der Waals surface area contributed by atoms with Gasteiger partial charge < -0.3 is 30.2 Å². The second-order valence-electron chi connectivity index (χ2n) is 9.96.